The maximum atomic E-state index is 13.1. The average Bonchev–Trinajstić information content (AvgIpc) is 3.25. The van der Waals surface area contributed by atoms with Crippen molar-refractivity contribution in [3.05, 3.63) is 30.1 Å². The molecule has 3 atom stereocenters. The van der Waals surface area contributed by atoms with E-state index in [2.05, 4.69) is 27.8 Å². The Labute approximate surface area is 187 Å². The molecule has 0 aliphatic carbocycles. The second kappa shape index (κ2) is 10.5. The zero-order valence-corrected chi connectivity index (χ0v) is 18.9. The van der Waals surface area contributed by atoms with Gasteiger partial charge in [-0.15, -0.1) is 5.10 Å². The molecule has 2 heterocycles. The molecule has 0 radical (unpaired) electrons. The molecule has 32 heavy (non-hydrogen) atoms. The molecule has 1 aromatic heterocycles. The van der Waals surface area contributed by atoms with E-state index in [1.54, 1.807) is 23.1 Å². The van der Waals surface area contributed by atoms with Gasteiger partial charge >= 0.3 is 0 Å². The number of aliphatic hydroxyl groups excluding tert-OH is 1. The van der Waals surface area contributed by atoms with Crippen molar-refractivity contribution in [2.24, 2.45) is 5.92 Å². The van der Waals surface area contributed by atoms with Gasteiger partial charge in [0.2, 0.25) is 11.8 Å². The number of aliphatic hydroxyl groups is 1. The lowest BCUT2D eigenvalue weighted by atomic mass is 10.0. The summed E-state index contributed by atoms with van der Waals surface area (Å²) in [6.45, 7) is 4.92. The van der Waals surface area contributed by atoms with Crippen molar-refractivity contribution in [1.29, 1.82) is 0 Å². The van der Waals surface area contributed by atoms with E-state index in [1.165, 1.54) is 11.0 Å². The highest BCUT2D eigenvalue weighted by molar-refractivity contribution is 5.91. The number of likely N-dealkylation sites (N-methyl/N-ethyl adjacent to an activating group) is 1. The van der Waals surface area contributed by atoms with Gasteiger partial charge in [0.1, 0.15) is 24.7 Å². The largest absolute Gasteiger partial charge is 0.488 e. The van der Waals surface area contributed by atoms with Gasteiger partial charge in [-0.3, -0.25) is 9.59 Å². The Kier molecular flexibility index (Phi) is 7.75. The van der Waals surface area contributed by atoms with Crippen molar-refractivity contribution in [2.75, 3.05) is 39.1 Å². The van der Waals surface area contributed by atoms with Crippen LogP contribution in [0.25, 0.3) is 0 Å². The van der Waals surface area contributed by atoms with E-state index in [0.29, 0.717) is 30.1 Å². The summed E-state index contributed by atoms with van der Waals surface area (Å²) >= 11 is 0. The van der Waals surface area contributed by atoms with Crippen LogP contribution in [0.15, 0.2) is 24.5 Å². The molecule has 0 fully saturated rings. The molecule has 0 saturated heterocycles. The number of benzene rings is 1. The van der Waals surface area contributed by atoms with Gasteiger partial charge in [0.25, 0.3) is 0 Å². The summed E-state index contributed by atoms with van der Waals surface area (Å²) in [5.74, 6) is 0.291. The average molecular weight is 446 g/mol. The number of nitrogens with one attached hydrogen (secondary N) is 1. The number of carbonyl (C=O) groups excluding carboxylic acids is 2. The van der Waals surface area contributed by atoms with Gasteiger partial charge in [-0.1, -0.05) is 6.92 Å². The Balaban J connectivity index is 1.87. The van der Waals surface area contributed by atoms with E-state index in [-0.39, 0.29) is 49.5 Å². The predicted molar refractivity (Wildman–Crippen MR) is 117 cm³/mol. The zero-order chi connectivity index (χ0) is 23.3. The lowest BCUT2D eigenvalue weighted by Gasteiger charge is -2.33. The van der Waals surface area contributed by atoms with Gasteiger partial charge in [-0.2, -0.15) is 0 Å². The predicted octanol–water partition coefficient (Wildman–Crippen LogP) is 0.0224. The molecule has 1 aliphatic rings. The van der Waals surface area contributed by atoms with Gasteiger partial charge < -0.3 is 25.0 Å². The number of aromatic nitrogens is 4. The van der Waals surface area contributed by atoms with Crippen molar-refractivity contribution < 1.29 is 19.4 Å². The van der Waals surface area contributed by atoms with E-state index in [1.807, 2.05) is 25.9 Å². The smallest absolute Gasteiger partial charge is 0.246 e. The Morgan fingerprint density at radius 3 is 2.84 bits per heavy atom. The Bertz CT molecular complexity index is 919. The van der Waals surface area contributed by atoms with Crippen LogP contribution in [0, 0.1) is 5.92 Å². The number of ether oxygens (including phenoxy) is 1. The highest BCUT2D eigenvalue weighted by Crippen LogP contribution is 2.29. The van der Waals surface area contributed by atoms with Crippen molar-refractivity contribution in [3.63, 3.8) is 0 Å². The van der Waals surface area contributed by atoms with E-state index in [9.17, 15) is 14.7 Å². The molecule has 11 nitrogen and oxygen atoms in total. The topological polar surface area (TPSA) is 126 Å². The third-order valence-corrected chi connectivity index (χ3v) is 5.44. The van der Waals surface area contributed by atoms with Crippen molar-refractivity contribution >= 4 is 17.5 Å². The second-order valence-electron chi connectivity index (χ2n) is 8.53. The summed E-state index contributed by atoms with van der Waals surface area (Å²) in [4.78, 5) is 29.2. The molecule has 0 saturated carbocycles. The van der Waals surface area contributed by atoms with Gasteiger partial charge in [-0.05, 0) is 49.6 Å². The third-order valence-electron chi connectivity index (χ3n) is 5.44. The Morgan fingerprint density at radius 2 is 2.19 bits per heavy atom. The molecule has 3 rings (SSSR count). The zero-order valence-electron chi connectivity index (χ0n) is 18.9. The summed E-state index contributed by atoms with van der Waals surface area (Å²) in [6, 6.07) is 5.00. The van der Waals surface area contributed by atoms with E-state index < -0.39 is 0 Å². The van der Waals surface area contributed by atoms with Crippen molar-refractivity contribution in [1.82, 2.24) is 30.0 Å². The summed E-state index contributed by atoms with van der Waals surface area (Å²) in [5, 5.41) is 23.2. The molecule has 1 aliphatic heterocycles. The van der Waals surface area contributed by atoms with Gasteiger partial charge in [0, 0.05) is 30.3 Å². The molecule has 0 spiro atoms. The fraction of sp³-hybridized carbons (Fsp3) is 0.571. The van der Waals surface area contributed by atoms with E-state index in [4.69, 9.17) is 4.74 Å². The monoisotopic (exact) mass is 445 g/mol. The van der Waals surface area contributed by atoms with Gasteiger partial charge in [-0.25, -0.2) is 4.68 Å². The summed E-state index contributed by atoms with van der Waals surface area (Å²) in [5.41, 5.74) is 1.24. The molecular formula is C21H31N7O4. The summed E-state index contributed by atoms with van der Waals surface area (Å²) < 4.78 is 7.69. The lowest BCUT2D eigenvalue weighted by molar-refractivity contribution is -0.134. The van der Waals surface area contributed by atoms with Crippen LogP contribution in [0.5, 0.6) is 5.75 Å². The van der Waals surface area contributed by atoms with Crippen LogP contribution in [0.2, 0.25) is 0 Å². The first-order valence-corrected chi connectivity index (χ1v) is 10.6. The maximum absolute atomic E-state index is 13.1. The second-order valence-corrected chi connectivity index (χ2v) is 8.53. The van der Waals surface area contributed by atoms with Crippen LogP contribution in [-0.4, -0.2) is 92.9 Å². The number of hydrogen-bond acceptors (Lipinski definition) is 8. The quantitative estimate of drug-likeness (QED) is 0.611. The summed E-state index contributed by atoms with van der Waals surface area (Å²) in [7, 11) is 3.96. The Morgan fingerprint density at radius 1 is 1.41 bits per heavy atom. The first-order valence-electron chi connectivity index (χ1n) is 10.6. The van der Waals surface area contributed by atoms with Crippen LogP contribution >= 0.6 is 0 Å². The number of hydrogen-bond donors (Lipinski definition) is 2. The number of fused-ring (bicyclic) bond motifs is 1. The van der Waals surface area contributed by atoms with Crippen LogP contribution < -0.4 is 10.1 Å². The maximum Gasteiger partial charge on any atom is 0.246 e. The molecule has 2 N–H and O–H groups in total. The van der Waals surface area contributed by atoms with Crippen LogP contribution in [0.3, 0.4) is 0 Å². The Hall–Kier alpha value is -3.05. The minimum atomic E-state index is -0.300. The molecule has 2 aromatic rings. The van der Waals surface area contributed by atoms with Crippen molar-refractivity contribution in [3.8, 4) is 5.75 Å². The summed E-state index contributed by atoms with van der Waals surface area (Å²) in [6.07, 6.45) is 1.32. The standard InChI is InChI=1S/C21H31N7O4/c1-14-9-28(15(2)12-29)21(31)8-16-7-17(23-20(30)11-27-13-22-24-25-27)5-6-18(16)32-19(14)10-26(3)4/h5-7,13-15,19,29H,8-12H2,1-4H3,(H,23,30)/t14-,15+,19+/m1/s1. The highest BCUT2D eigenvalue weighted by Gasteiger charge is 2.30. The molecule has 2 amide bonds. The van der Waals surface area contributed by atoms with E-state index in [0.717, 1.165) is 0 Å². The third kappa shape index (κ3) is 6.01. The first kappa shape index (κ1) is 23.6. The molecule has 1 aromatic carbocycles. The van der Waals surface area contributed by atoms with Crippen LogP contribution in [0.1, 0.15) is 19.4 Å². The number of carbonyl (C=O) groups is 2. The number of tetrazole rings is 1. The minimum Gasteiger partial charge on any atom is -0.488 e. The minimum absolute atomic E-state index is 0.0241. The van der Waals surface area contributed by atoms with Gasteiger partial charge in [0.15, 0.2) is 0 Å². The first-order chi connectivity index (χ1) is 15.3. The number of rotatable bonds is 7. The lowest BCUT2D eigenvalue weighted by Crippen LogP contribution is -2.47. The SMILES string of the molecule is C[C@@H]1CN([C@@H](C)CO)C(=O)Cc2cc(NC(=O)Cn3cnnn3)ccc2O[C@H]1CN(C)C. The van der Waals surface area contributed by atoms with Crippen LogP contribution in [-0.2, 0) is 22.6 Å². The van der Waals surface area contributed by atoms with Gasteiger partial charge in [0.05, 0.1) is 19.1 Å². The highest BCUT2D eigenvalue weighted by atomic mass is 16.5. The number of nitrogens with zero attached hydrogens (tertiary/aromatic N) is 6. The number of amides is 2. The van der Waals surface area contributed by atoms with E-state index >= 15 is 0 Å². The fourth-order valence-corrected chi connectivity index (χ4v) is 3.69. The molecule has 11 heteroatoms. The molecule has 0 unspecified atom stereocenters. The fourth-order valence-electron chi connectivity index (χ4n) is 3.69. The number of anilines is 1. The molecular weight excluding hydrogens is 414 g/mol. The normalized spacial score (nSPS) is 20.1. The molecule has 174 valence electrons. The van der Waals surface area contributed by atoms with Crippen LogP contribution in [0.4, 0.5) is 5.69 Å². The van der Waals surface area contributed by atoms with Crippen molar-refractivity contribution in [2.45, 2.75) is 39.0 Å². The molecule has 0 bridgehead atoms.